The number of carbonyl (C=O) groups excluding carboxylic acids is 2. The maximum absolute atomic E-state index is 14.4. The van der Waals surface area contributed by atoms with E-state index in [1.807, 2.05) is 42.5 Å². The minimum atomic E-state index is -0.941. The predicted molar refractivity (Wildman–Crippen MR) is 163 cm³/mol. The number of nitrogens with one attached hydrogen (secondary N) is 1. The zero-order valence-electron chi connectivity index (χ0n) is 24.8. The second kappa shape index (κ2) is 10.1. The molecule has 0 spiro atoms. The summed E-state index contributed by atoms with van der Waals surface area (Å²) >= 11 is 0. The summed E-state index contributed by atoms with van der Waals surface area (Å²) in [5.74, 6) is 0.168. The molecule has 6 heteroatoms. The Labute approximate surface area is 253 Å². The first kappa shape index (κ1) is 27.2. The Morgan fingerprint density at radius 2 is 1.44 bits per heavy atom. The quantitative estimate of drug-likeness (QED) is 0.421. The molecule has 1 heterocycles. The van der Waals surface area contributed by atoms with E-state index in [-0.39, 0.29) is 23.1 Å². The van der Waals surface area contributed by atoms with Crippen LogP contribution < -0.4 is 5.32 Å². The van der Waals surface area contributed by atoms with Gasteiger partial charge in [-0.25, -0.2) is 4.79 Å². The summed E-state index contributed by atoms with van der Waals surface area (Å²) in [4.78, 5) is 42.5. The molecular formula is C37H42N2O4. The number of carbonyl (C=O) groups is 3. The van der Waals surface area contributed by atoms with Crippen LogP contribution in [0.25, 0.3) is 0 Å². The molecule has 43 heavy (non-hydrogen) atoms. The maximum Gasteiger partial charge on any atom is 0.326 e. The van der Waals surface area contributed by atoms with Crippen molar-refractivity contribution < 1.29 is 19.5 Å². The number of carboxylic acids is 1. The van der Waals surface area contributed by atoms with Gasteiger partial charge < -0.3 is 15.3 Å². The largest absolute Gasteiger partial charge is 0.480 e. The van der Waals surface area contributed by atoms with Crippen molar-refractivity contribution in [2.75, 3.05) is 13.1 Å². The topological polar surface area (TPSA) is 86.7 Å². The van der Waals surface area contributed by atoms with Crippen LogP contribution in [0.3, 0.4) is 0 Å². The van der Waals surface area contributed by atoms with Gasteiger partial charge in [0, 0.05) is 24.4 Å². The average Bonchev–Trinajstić information content (AvgIpc) is 3.73. The lowest BCUT2D eigenvalue weighted by Gasteiger charge is -2.57. The first-order valence-electron chi connectivity index (χ1n) is 16.5. The fraction of sp³-hybridized carbons (Fsp3) is 0.541. The number of likely N-dealkylation sites (tertiary alicyclic amines) is 1. The molecule has 1 unspecified atom stereocenters. The summed E-state index contributed by atoms with van der Waals surface area (Å²) in [6.07, 6.45) is 11.7. The fourth-order valence-corrected chi connectivity index (χ4v) is 11.2. The number of rotatable bonds is 7. The Morgan fingerprint density at radius 1 is 0.860 bits per heavy atom. The van der Waals surface area contributed by atoms with E-state index in [0.717, 1.165) is 41.0 Å². The molecule has 9 rings (SSSR count). The number of benzene rings is 2. The van der Waals surface area contributed by atoms with Crippen molar-refractivity contribution in [3.8, 4) is 0 Å². The highest BCUT2D eigenvalue weighted by Crippen LogP contribution is 2.63. The van der Waals surface area contributed by atoms with E-state index in [9.17, 15) is 19.5 Å². The summed E-state index contributed by atoms with van der Waals surface area (Å²) < 4.78 is 0. The van der Waals surface area contributed by atoms with Gasteiger partial charge in [0.2, 0.25) is 11.8 Å². The second-order valence-electron chi connectivity index (χ2n) is 14.8. The number of carboxylic acid groups (broad SMARTS) is 1. The Hall–Kier alpha value is -3.41. The molecule has 6 fully saturated rings. The molecule has 6 bridgehead atoms. The van der Waals surface area contributed by atoms with Gasteiger partial charge in [-0.2, -0.15) is 0 Å². The molecule has 5 saturated carbocycles. The van der Waals surface area contributed by atoms with Gasteiger partial charge in [-0.3, -0.25) is 9.59 Å². The second-order valence-corrected chi connectivity index (χ2v) is 14.8. The molecule has 0 radical (unpaired) electrons. The van der Waals surface area contributed by atoms with Gasteiger partial charge in [0.05, 0.1) is 11.8 Å². The first-order chi connectivity index (χ1) is 20.9. The smallest absolute Gasteiger partial charge is 0.326 e. The lowest BCUT2D eigenvalue weighted by Crippen LogP contribution is -2.53. The number of hydrogen-bond acceptors (Lipinski definition) is 3. The van der Waals surface area contributed by atoms with E-state index in [1.165, 1.54) is 38.5 Å². The molecule has 2 aromatic rings. The molecular weight excluding hydrogens is 536 g/mol. The van der Waals surface area contributed by atoms with Gasteiger partial charge in [0.25, 0.3) is 0 Å². The van der Waals surface area contributed by atoms with Crippen LogP contribution in [0.1, 0.15) is 68.9 Å². The van der Waals surface area contributed by atoms with E-state index in [1.54, 1.807) is 4.90 Å². The Morgan fingerprint density at radius 3 is 2.00 bits per heavy atom. The van der Waals surface area contributed by atoms with Crippen LogP contribution in [0.2, 0.25) is 0 Å². The van der Waals surface area contributed by atoms with Crippen molar-refractivity contribution in [2.45, 2.75) is 69.2 Å². The summed E-state index contributed by atoms with van der Waals surface area (Å²) in [6, 6.07) is 19.9. The number of hydrogen-bond donors (Lipinski definition) is 2. The maximum atomic E-state index is 14.4. The average molecular weight is 579 g/mol. The van der Waals surface area contributed by atoms with Crippen LogP contribution in [0.4, 0.5) is 0 Å². The van der Waals surface area contributed by atoms with Crippen molar-refractivity contribution in [1.29, 1.82) is 0 Å². The molecule has 2 N–H and O–H groups in total. The van der Waals surface area contributed by atoms with E-state index in [0.29, 0.717) is 25.8 Å². The van der Waals surface area contributed by atoms with Gasteiger partial charge in [-0.05, 0) is 92.1 Å². The molecule has 6 aliphatic carbocycles. The SMILES string of the molecule is O=C(NCC12CC3CC(CC(C3)C1)C2)[C@@H]1C2=CC(C(=O)N3CCC[C@@H]3C(=O)O)[C@@H]1C(c1ccccc1)(c1ccccc1)C2. The summed E-state index contributed by atoms with van der Waals surface area (Å²) in [6.45, 7) is 1.19. The van der Waals surface area contributed by atoms with E-state index < -0.39 is 29.3 Å². The minimum Gasteiger partial charge on any atom is -0.480 e. The Balaban J connectivity index is 1.16. The van der Waals surface area contributed by atoms with Gasteiger partial charge in [-0.15, -0.1) is 0 Å². The summed E-state index contributed by atoms with van der Waals surface area (Å²) in [5, 5.41) is 13.4. The summed E-state index contributed by atoms with van der Waals surface area (Å²) in [7, 11) is 0. The van der Waals surface area contributed by atoms with Gasteiger partial charge in [0.1, 0.15) is 6.04 Å². The number of aliphatic carboxylic acids is 1. The van der Waals surface area contributed by atoms with Crippen molar-refractivity contribution >= 4 is 17.8 Å². The van der Waals surface area contributed by atoms with Crippen molar-refractivity contribution in [3.63, 3.8) is 0 Å². The van der Waals surface area contributed by atoms with Crippen LogP contribution in [0.15, 0.2) is 72.3 Å². The predicted octanol–water partition coefficient (Wildman–Crippen LogP) is 5.57. The Bertz CT molecular complexity index is 1390. The fourth-order valence-electron chi connectivity index (χ4n) is 11.2. The number of amides is 2. The third-order valence-corrected chi connectivity index (χ3v) is 12.4. The zero-order chi connectivity index (χ0) is 29.3. The molecule has 224 valence electrons. The molecule has 7 aliphatic rings. The van der Waals surface area contributed by atoms with Crippen LogP contribution in [-0.2, 0) is 19.8 Å². The molecule has 2 amide bonds. The molecule has 1 aliphatic heterocycles. The minimum absolute atomic E-state index is 0.0484. The molecule has 0 aromatic heterocycles. The van der Waals surface area contributed by atoms with E-state index >= 15 is 0 Å². The van der Waals surface area contributed by atoms with Crippen molar-refractivity contribution in [2.24, 2.45) is 40.9 Å². The Kier molecular flexibility index (Phi) is 6.36. The van der Waals surface area contributed by atoms with Gasteiger partial charge in [-0.1, -0.05) is 72.3 Å². The summed E-state index contributed by atoms with van der Waals surface area (Å²) in [5.41, 5.74) is 2.94. The van der Waals surface area contributed by atoms with E-state index in [2.05, 4.69) is 29.6 Å². The number of nitrogens with zero attached hydrogens (tertiary/aromatic N) is 1. The highest BCUT2D eigenvalue weighted by atomic mass is 16.4. The first-order valence-corrected chi connectivity index (χ1v) is 16.5. The van der Waals surface area contributed by atoms with Crippen molar-refractivity contribution in [1.82, 2.24) is 10.2 Å². The molecule has 2 aromatic carbocycles. The third kappa shape index (κ3) is 4.22. The lowest BCUT2D eigenvalue weighted by atomic mass is 9.49. The normalized spacial score (nSPS) is 36.5. The molecule has 1 saturated heterocycles. The van der Waals surface area contributed by atoms with Crippen LogP contribution >= 0.6 is 0 Å². The molecule has 4 atom stereocenters. The van der Waals surface area contributed by atoms with Gasteiger partial charge in [0.15, 0.2) is 0 Å². The standard InChI is InChI=1S/C37H42N2O4/c40-33(38-22-36-18-23-14-24(19-36)16-25(15-23)20-36)31-26-17-29(34(41)39-13-7-12-30(39)35(42)43)32(31)37(21-26,27-8-3-1-4-9-27)28-10-5-2-6-11-28/h1-6,8-11,17,23-25,29-32H,7,12-16,18-22H2,(H,38,40)(H,42,43)/t23?,24?,25?,29?,30-,31-,32+,36?/m1/s1. The highest BCUT2D eigenvalue weighted by molar-refractivity contribution is 5.92. The molecule has 6 nitrogen and oxygen atoms in total. The van der Waals surface area contributed by atoms with Gasteiger partial charge >= 0.3 is 5.97 Å². The third-order valence-electron chi connectivity index (χ3n) is 12.4. The van der Waals surface area contributed by atoms with E-state index in [4.69, 9.17) is 0 Å². The van der Waals surface area contributed by atoms with Crippen LogP contribution in [0, 0.1) is 40.9 Å². The van der Waals surface area contributed by atoms with Crippen molar-refractivity contribution in [3.05, 3.63) is 83.4 Å². The van der Waals surface area contributed by atoms with Crippen LogP contribution in [-0.4, -0.2) is 46.9 Å². The lowest BCUT2D eigenvalue weighted by molar-refractivity contribution is -0.150. The monoisotopic (exact) mass is 578 g/mol. The van der Waals surface area contributed by atoms with Crippen LogP contribution in [0.5, 0.6) is 0 Å². The highest BCUT2D eigenvalue weighted by Gasteiger charge is 2.63. The zero-order valence-corrected chi connectivity index (χ0v) is 24.8. The number of fused-ring (bicyclic) bond motifs is 2.